The summed E-state index contributed by atoms with van der Waals surface area (Å²) < 4.78 is 0. The number of hydrogen-bond acceptors (Lipinski definition) is 1. The molecule has 1 N–H and O–H groups in total. The summed E-state index contributed by atoms with van der Waals surface area (Å²) in [6.07, 6.45) is 3.91. The van der Waals surface area contributed by atoms with E-state index in [9.17, 15) is 4.79 Å². The Kier molecular flexibility index (Phi) is 3.79. The van der Waals surface area contributed by atoms with Gasteiger partial charge in [0, 0.05) is 11.8 Å². The molecule has 0 fully saturated rings. The van der Waals surface area contributed by atoms with E-state index in [1.807, 2.05) is 78.9 Å². The number of H-pyrrole nitrogens is 1. The normalized spacial score (nSPS) is 10.9. The number of rotatable bonds is 3. The monoisotopic (exact) mass is 273 g/mol. The first-order valence-corrected chi connectivity index (χ1v) is 6.84. The molecule has 0 bridgehead atoms. The van der Waals surface area contributed by atoms with E-state index < -0.39 is 0 Å². The van der Waals surface area contributed by atoms with Gasteiger partial charge < -0.3 is 4.98 Å². The largest absolute Gasteiger partial charge is 0.322 e. The maximum Gasteiger partial charge on any atom is 0.248 e. The first kappa shape index (κ1) is 13.1. The predicted molar refractivity (Wildman–Crippen MR) is 87.9 cm³/mol. The molecule has 0 spiro atoms. The molecule has 2 nitrogen and oxygen atoms in total. The number of nitrogens with one attached hydrogen (secondary N) is 1. The van der Waals surface area contributed by atoms with Crippen LogP contribution in [0.2, 0.25) is 0 Å². The van der Waals surface area contributed by atoms with Crippen molar-refractivity contribution >= 4 is 12.2 Å². The minimum atomic E-state index is -0.0935. The van der Waals surface area contributed by atoms with Crippen LogP contribution in [0.5, 0.6) is 0 Å². The molecule has 3 aromatic rings. The van der Waals surface area contributed by atoms with Crippen molar-refractivity contribution in [1.29, 1.82) is 0 Å². The highest BCUT2D eigenvalue weighted by molar-refractivity contribution is 5.71. The second-order valence-electron chi connectivity index (χ2n) is 4.80. The van der Waals surface area contributed by atoms with E-state index in [0.29, 0.717) is 0 Å². The van der Waals surface area contributed by atoms with Gasteiger partial charge in [0.2, 0.25) is 5.56 Å². The van der Waals surface area contributed by atoms with E-state index in [1.54, 1.807) is 6.07 Å². The second-order valence-corrected chi connectivity index (χ2v) is 4.80. The molecular formula is C19H15NO. The second kappa shape index (κ2) is 6.06. The van der Waals surface area contributed by atoms with E-state index in [-0.39, 0.29) is 5.56 Å². The third-order valence-corrected chi connectivity index (χ3v) is 3.23. The lowest BCUT2D eigenvalue weighted by Crippen LogP contribution is -2.05. The fourth-order valence-electron chi connectivity index (χ4n) is 2.20. The van der Waals surface area contributed by atoms with Crippen molar-refractivity contribution < 1.29 is 0 Å². The van der Waals surface area contributed by atoms with Gasteiger partial charge in [-0.15, -0.1) is 0 Å². The Balaban J connectivity index is 1.95. The van der Waals surface area contributed by atoms with E-state index in [0.717, 1.165) is 22.4 Å². The van der Waals surface area contributed by atoms with Gasteiger partial charge in [-0.25, -0.2) is 0 Å². The van der Waals surface area contributed by atoms with Gasteiger partial charge in [-0.05, 0) is 28.8 Å². The number of hydrogen-bond donors (Lipinski definition) is 1. The van der Waals surface area contributed by atoms with Gasteiger partial charge in [-0.3, -0.25) is 4.79 Å². The molecule has 21 heavy (non-hydrogen) atoms. The maximum absolute atomic E-state index is 11.8. The predicted octanol–water partition coefficient (Wildman–Crippen LogP) is 4.21. The molecule has 0 unspecified atom stereocenters. The van der Waals surface area contributed by atoms with Gasteiger partial charge in [-0.2, -0.15) is 0 Å². The molecule has 0 atom stereocenters. The third kappa shape index (κ3) is 3.37. The summed E-state index contributed by atoms with van der Waals surface area (Å²) in [5.41, 5.74) is 3.77. The Bertz CT molecular complexity index is 802. The van der Waals surface area contributed by atoms with Crippen LogP contribution in [-0.4, -0.2) is 4.98 Å². The average Bonchev–Trinajstić information content (AvgIpc) is 2.54. The molecule has 0 amide bonds. The zero-order chi connectivity index (χ0) is 14.5. The highest BCUT2D eigenvalue weighted by Gasteiger charge is 1.99. The highest BCUT2D eigenvalue weighted by Crippen LogP contribution is 2.18. The van der Waals surface area contributed by atoms with Crippen LogP contribution in [0.25, 0.3) is 23.3 Å². The van der Waals surface area contributed by atoms with Gasteiger partial charge in [-0.1, -0.05) is 66.7 Å². The van der Waals surface area contributed by atoms with Gasteiger partial charge in [0.05, 0.1) is 0 Å². The number of aromatic amines is 1. The van der Waals surface area contributed by atoms with Crippen molar-refractivity contribution in [3.63, 3.8) is 0 Å². The van der Waals surface area contributed by atoms with Crippen molar-refractivity contribution in [1.82, 2.24) is 4.98 Å². The van der Waals surface area contributed by atoms with Gasteiger partial charge in [0.25, 0.3) is 0 Å². The molecule has 0 aliphatic carbocycles. The number of aromatic nitrogens is 1. The Morgan fingerprint density at radius 2 is 1.38 bits per heavy atom. The Labute approximate surface area is 123 Å². The fraction of sp³-hybridized carbons (Fsp3) is 0. The third-order valence-electron chi connectivity index (χ3n) is 3.23. The van der Waals surface area contributed by atoms with Crippen LogP contribution < -0.4 is 5.56 Å². The van der Waals surface area contributed by atoms with E-state index in [4.69, 9.17) is 0 Å². The van der Waals surface area contributed by atoms with Crippen molar-refractivity contribution in [2.24, 2.45) is 0 Å². The van der Waals surface area contributed by atoms with Crippen molar-refractivity contribution in [3.8, 4) is 11.1 Å². The molecule has 3 rings (SSSR count). The molecule has 0 aliphatic heterocycles. The lowest BCUT2D eigenvalue weighted by molar-refractivity contribution is 1.22. The molecule has 0 saturated heterocycles. The zero-order valence-electron chi connectivity index (χ0n) is 11.5. The van der Waals surface area contributed by atoms with E-state index in [1.165, 1.54) is 0 Å². The Morgan fingerprint density at radius 3 is 2.10 bits per heavy atom. The smallest absolute Gasteiger partial charge is 0.248 e. The van der Waals surface area contributed by atoms with Gasteiger partial charge in [0.15, 0.2) is 0 Å². The minimum absolute atomic E-state index is 0.0935. The van der Waals surface area contributed by atoms with Crippen LogP contribution >= 0.6 is 0 Å². The summed E-state index contributed by atoms with van der Waals surface area (Å²) in [4.78, 5) is 14.7. The molecule has 2 aromatic carbocycles. The molecule has 2 heteroatoms. The molecule has 1 aromatic heterocycles. The van der Waals surface area contributed by atoms with Crippen LogP contribution in [0.1, 0.15) is 11.3 Å². The van der Waals surface area contributed by atoms with Crippen molar-refractivity contribution in [2.75, 3.05) is 0 Å². The molecule has 0 radical (unpaired) electrons. The topological polar surface area (TPSA) is 32.9 Å². The summed E-state index contributed by atoms with van der Waals surface area (Å²) in [7, 11) is 0. The molecule has 0 saturated carbocycles. The minimum Gasteiger partial charge on any atom is -0.322 e. The standard InChI is InChI=1S/C19H15NO/c21-19-14-17(16-9-5-2-6-10-16)13-18(20-19)12-11-15-7-3-1-4-8-15/h1-14H,(H,20,21). The summed E-state index contributed by atoms with van der Waals surface area (Å²) in [6.45, 7) is 0. The van der Waals surface area contributed by atoms with Crippen molar-refractivity contribution in [3.05, 3.63) is 94.4 Å². The fourth-order valence-corrected chi connectivity index (χ4v) is 2.20. The van der Waals surface area contributed by atoms with Crippen LogP contribution in [0.3, 0.4) is 0 Å². The summed E-state index contributed by atoms with van der Waals surface area (Å²) in [5, 5.41) is 0. The molecule has 0 aliphatic rings. The highest BCUT2D eigenvalue weighted by atomic mass is 16.1. The summed E-state index contributed by atoms with van der Waals surface area (Å²) in [6, 6.07) is 23.5. The molecule has 102 valence electrons. The van der Waals surface area contributed by atoms with Gasteiger partial charge in [0.1, 0.15) is 0 Å². The Hall–Kier alpha value is -2.87. The molecular weight excluding hydrogens is 258 g/mol. The Morgan fingerprint density at radius 1 is 0.714 bits per heavy atom. The number of pyridine rings is 1. The SMILES string of the molecule is O=c1cc(-c2ccccc2)cc(C=Cc2ccccc2)[nH]1. The van der Waals surface area contributed by atoms with E-state index >= 15 is 0 Å². The first-order valence-electron chi connectivity index (χ1n) is 6.84. The summed E-state index contributed by atoms with van der Waals surface area (Å²) >= 11 is 0. The quantitative estimate of drug-likeness (QED) is 0.761. The van der Waals surface area contributed by atoms with Crippen LogP contribution in [0.4, 0.5) is 0 Å². The lowest BCUT2D eigenvalue weighted by atomic mass is 10.1. The van der Waals surface area contributed by atoms with Crippen molar-refractivity contribution in [2.45, 2.75) is 0 Å². The zero-order valence-corrected chi connectivity index (χ0v) is 11.5. The van der Waals surface area contributed by atoms with Crippen LogP contribution in [0.15, 0.2) is 77.6 Å². The van der Waals surface area contributed by atoms with E-state index in [2.05, 4.69) is 4.98 Å². The first-order chi connectivity index (χ1) is 10.3. The number of benzene rings is 2. The average molecular weight is 273 g/mol. The van der Waals surface area contributed by atoms with Crippen LogP contribution in [-0.2, 0) is 0 Å². The molecule has 1 heterocycles. The van der Waals surface area contributed by atoms with Gasteiger partial charge >= 0.3 is 0 Å². The van der Waals surface area contributed by atoms with Crippen LogP contribution in [0, 0.1) is 0 Å². The maximum atomic E-state index is 11.8. The lowest BCUT2D eigenvalue weighted by Gasteiger charge is -2.02. The summed E-state index contributed by atoms with van der Waals surface area (Å²) in [5.74, 6) is 0.